The van der Waals surface area contributed by atoms with Gasteiger partial charge in [-0.3, -0.25) is 4.79 Å². The molecule has 4 nitrogen and oxygen atoms in total. The van der Waals surface area contributed by atoms with E-state index in [2.05, 4.69) is 0 Å². The van der Waals surface area contributed by atoms with Gasteiger partial charge in [-0.1, -0.05) is 0 Å². The number of carboxylic acid groups (broad SMARTS) is 1. The highest BCUT2D eigenvalue weighted by molar-refractivity contribution is 5.85. The number of carboxylic acids is 1. The first-order chi connectivity index (χ1) is 8.50. The highest BCUT2D eigenvalue weighted by Gasteiger charge is 2.19. The van der Waals surface area contributed by atoms with Gasteiger partial charge in [-0.2, -0.15) is 0 Å². The molecule has 1 N–H and O–H groups in total. The lowest BCUT2D eigenvalue weighted by molar-refractivity contribution is -0.131. The van der Waals surface area contributed by atoms with E-state index in [1.54, 1.807) is 4.57 Å². The lowest BCUT2D eigenvalue weighted by Crippen LogP contribution is -2.27. The lowest BCUT2D eigenvalue weighted by atomic mass is 10.1. The predicted molar refractivity (Wildman–Crippen MR) is 69.8 cm³/mol. The molecule has 0 radical (unpaired) electrons. The van der Waals surface area contributed by atoms with Gasteiger partial charge in [0.05, 0.1) is 0 Å². The van der Waals surface area contributed by atoms with Crippen molar-refractivity contribution in [2.24, 2.45) is 0 Å². The van der Waals surface area contributed by atoms with Crippen LogP contribution < -0.4 is 5.56 Å². The number of fused-ring (bicyclic) bond motifs is 1. The third kappa shape index (κ3) is 2.23. The normalized spacial score (nSPS) is 14.4. The highest BCUT2D eigenvalue weighted by atomic mass is 16.4. The van der Waals surface area contributed by atoms with E-state index in [0.29, 0.717) is 5.56 Å². The Morgan fingerprint density at radius 3 is 2.78 bits per heavy atom. The van der Waals surface area contributed by atoms with Crippen molar-refractivity contribution in [2.45, 2.75) is 39.2 Å². The Hall–Kier alpha value is -1.84. The van der Waals surface area contributed by atoms with Crippen LogP contribution in [0, 0.1) is 0 Å². The van der Waals surface area contributed by atoms with Crippen LogP contribution in [-0.2, 0) is 17.6 Å². The Morgan fingerprint density at radius 2 is 2.17 bits per heavy atom. The van der Waals surface area contributed by atoms with Gasteiger partial charge in [0.2, 0.25) is 0 Å². The summed E-state index contributed by atoms with van der Waals surface area (Å²) in [5, 5.41) is 8.64. The molecule has 1 aliphatic rings. The molecule has 96 valence electrons. The summed E-state index contributed by atoms with van der Waals surface area (Å²) in [5.41, 5.74) is 2.66. The molecule has 0 atom stereocenters. The van der Waals surface area contributed by atoms with Gasteiger partial charge in [0.15, 0.2) is 0 Å². The number of pyridine rings is 1. The van der Waals surface area contributed by atoms with Gasteiger partial charge < -0.3 is 9.67 Å². The molecular formula is C14H17NO3. The summed E-state index contributed by atoms with van der Waals surface area (Å²) in [7, 11) is 0. The zero-order chi connectivity index (χ0) is 13.3. The minimum atomic E-state index is -1.04. The topological polar surface area (TPSA) is 59.3 Å². The van der Waals surface area contributed by atoms with Crippen molar-refractivity contribution in [3.8, 4) is 0 Å². The van der Waals surface area contributed by atoms with Gasteiger partial charge in [-0.15, -0.1) is 0 Å². The molecule has 0 spiro atoms. The maximum Gasteiger partial charge on any atom is 0.328 e. The summed E-state index contributed by atoms with van der Waals surface area (Å²) < 4.78 is 1.80. The summed E-state index contributed by atoms with van der Waals surface area (Å²) in [5.74, 6) is -1.04. The smallest absolute Gasteiger partial charge is 0.328 e. The number of nitrogens with zero attached hydrogens (tertiary/aromatic N) is 1. The van der Waals surface area contributed by atoms with Crippen molar-refractivity contribution in [3.63, 3.8) is 0 Å². The molecule has 0 fully saturated rings. The largest absolute Gasteiger partial charge is 0.478 e. The molecule has 18 heavy (non-hydrogen) atoms. The fraction of sp³-hybridized carbons (Fsp3) is 0.429. The molecule has 1 aliphatic carbocycles. The van der Waals surface area contributed by atoms with E-state index in [4.69, 9.17) is 5.11 Å². The molecule has 2 rings (SSSR count). The molecule has 0 saturated carbocycles. The molecule has 0 saturated heterocycles. The van der Waals surface area contributed by atoms with Gasteiger partial charge in [-0.05, 0) is 50.8 Å². The number of aliphatic carboxylic acids is 1. The third-order valence-electron chi connectivity index (χ3n) is 3.24. The Labute approximate surface area is 106 Å². The number of aryl methyl sites for hydroxylation is 1. The summed E-state index contributed by atoms with van der Waals surface area (Å²) in [6, 6.07) is 1.94. The monoisotopic (exact) mass is 247 g/mol. The summed E-state index contributed by atoms with van der Waals surface area (Å²) in [6.07, 6.45) is 5.38. The zero-order valence-corrected chi connectivity index (χ0v) is 10.6. The van der Waals surface area contributed by atoms with Crippen molar-refractivity contribution in [2.75, 3.05) is 0 Å². The second kappa shape index (κ2) is 4.80. The van der Waals surface area contributed by atoms with Gasteiger partial charge in [0.25, 0.3) is 5.56 Å². The molecule has 1 aromatic rings. The average Bonchev–Trinajstić information content (AvgIpc) is 2.72. The first-order valence-electron chi connectivity index (χ1n) is 6.19. The number of hydrogen-bond donors (Lipinski definition) is 1. The number of carbonyl (C=O) groups is 1. The fourth-order valence-corrected chi connectivity index (χ4v) is 2.52. The zero-order valence-electron chi connectivity index (χ0n) is 10.6. The maximum atomic E-state index is 12.3. The van der Waals surface area contributed by atoms with E-state index in [0.717, 1.165) is 31.0 Å². The third-order valence-corrected chi connectivity index (χ3v) is 3.24. The summed E-state index contributed by atoms with van der Waals surface area (Å²) in [4.78, 5) is 22.8. The first kappa shape index (κ1) is 12.6. The van der Waals surface area contributed by atoms with Gasteiger partial charge >= 0.3 is 5.97 Å². The minimum Gasteiger partial charge on any atom is -0.478 e. The van der Waals surface area contributed by atoms with E-state index in [-0.39, 0.29) is 11.6 Å². The van der Waals surface area contributed by atoms with Crippen LogP contribution in [0.4, 0.5) is 0 Å². The van der Waals surface area contributed by atoms with Gasteiger partial charge in [0.1, 0.15) is 0 Å². The minimum absolute atomic E-state index is 0.0943. The van der Waals surface area contributed by atoms with E-state index in [1.807, 2.05) is 19.9 Å². The molecule has 0 bridgehead atoms. The molecule has 0 aliphatic heterocycles. The number of rotatable bonds is 3. The number of aromatic nitrogens is 1. The lowest BCUT2D eigenvalue weighted by Gasteiger charge is -2.16. The van der Waals surface area contributed by atoms with Crippen LogP contribution in [0.3, 0.4) is 0 Å². The standard InChI is InChI=1S/C14H17NO3/c1-9(2)15-12-5-3-4-10(12)8-11(14(15)18)6-7-13(16)17/h6-9H,3-5H2,1-2H3,(H,16,17)/b7-6+. The fourth-order valence-electron chi connectivity index (χ4n) is 2.52. The molecular weight excluding hydrogens is 230 g/mol. The maximum absolute atomic E-state index is 12.3. The molecule has 0 amide bonds. The van der Waals surface area contributed by atoms with E-state index in [1.165, 1.54) is 11.6 Å². The van der Waals surface area contributed by atoms with Gasteiger partial charge in [0, 0.05) is 23.4 Å². The van der Waals surface area contributed by atoms with Crippen LogP contribution in [-0.4, -0.2) is 15.6 Å². The summed E-state index contributed by atoms with van der Waals surface area (Å²) >= 11 is 0. The Bertz CT molecular complexity index is 567. The Kier molecular flexibility index (Phi) is 3.36. The van der Waals surface area contributed by atoms with E-state index in [9.17, 15) is 9.59 Å². The SMILES string of the molecule is CC(C)n1c2c(cc(/C=C/C(=O)O)c1=O)CCC2. The van der Waals surface area contributed by atoms with Crippen molar-refractivity contribution in [1.82, 2.24) is 4.57 Å². The molecule has 0 aromatic carbocycles. The first-order valence-corrected chi connectivity index (χ1v) is 6.19. The second-order valence-electron chi connectivity index (χ2n) is 4.87. The molecule has 0 unspecified atom stereocenters. The van der Waals surface area contributed by atoms with Crippen LogP contribution in [0.25, 0.3) is 6.08 Å². The molecule has 4 heteroatoms. The van der Waals surface area contributed by atoms with E-state index >= 15 is 0 Å². The van der Waals surface area contributed by atoms with Crippen LogP contribution in [0.5, 0.6) is 0 Å². The van der Waals surface area contributed by atoms with Crippen LogP contribution in [0.15, 0.2) is 16.9 Å². The van der Waals surface area contributed by atoms with Crippen molar-refractivity contribution < 1.29 is 9.90 Å². The van der Waals surface area contributed by atoms with E-state index < -0.39 is 5.97 Å². The molecule has 1 aromatic heterocycles. The molecule has 1 heterocycles. The van der Waals surface area contributed by atoms with Crippen molar-refractivity contribution in [1.29, 1.82) is 0 Å². The number of hydrogen-bond acceptors (Lipinski definition) is 2. The van der Waals surface area contributed by atoms with Crippen LogP contribution in [0.1, 0.15) is 43.1 Å². The van der Waals surface area contributed by atoms with Crippen LogP contribution >= 0.6 is 0 Å². The van der Waals surface area contributed by atoms with Crippen molar-refractivity contribution in [3.05, 3.63) is 39.3 Å². The predicted octanol–water partition coefficient (Wildman–Crippen LogP) is 2.02. The Balaban J connectivity index is 2.60. The van der Waals surface area contributed by atoms with Crippen LogP contribution in [0.2, 0.25) is 0 Å². The second-order valence-corrected chi connectivity index (χ2v) is 4.87. The quantitative estimate of drug-likeness (QED) is 0.831. The average molecular weight is 247 g/mol. The Morgan fingerprint density at radius 1 is 1.44 bits per heavy atom. The van der Waals surface area contributed by atoms with Gasteiger partial charge in [-0.25, -0.2) is 4.79 Å². The van der Waals surface area contributed by atoms with Crippen molar-refractivity contribution >= 4 is 12.0 Å². The highest BCUT2D eigenvalue weighted by Crippen LogP contribution is 2.23. The summed E-state index contributed by atoms with van der Waals surface area (Å²) in [6.45, 7) is 3.95.